The molecule has 1 aliphatic rings. The minimum atomic E-state index is -0.382. The van der Waals surface area contributed by atoms with Gasteiger partial charge in [0.25, 0.3) is 5.91 Å². The zero-order valence-corrected chi connectivity index (χ0v) is 11.5. The minimum absolute atomic E-state index is 0.0838. The number of amides is 3. The molecule has 3 amide bonds. The maximum Gasteiger partial charge on any atom is 0.324 e. The number of imide groups is 1. The average Bonchev–Trinajstić information content (AvgIpc) is 2.84. The lowest BCUT2D eigenvalue weighted by atomic mass is 10.2. The number of carbonyl (C=O) groups is 2. The number of rotatable bonds is 5. The van der Waals surface area contributed by atoms with Crippen molar-refractivity contribution in [1.82, 2.24) is 10.2 Å². The number of unbranched alkanes of at least 4 members (excludes halogenated alkanes) is 1. The van der Waals surface area contributed by atoms with Gasteiger partial charge in [-0.25, -0.2) is 4.79 Å². The van der Waals surface area contributed by atoms with E-state index in [0.717, 1.165) is 17.7 Å². The molecule has 1 unspecified atom stereocenters. The molecule has 0 spiro atoms. The Hall–Kier alpha value is -1.36. The summed E-state index contributed by atoms with van der Waals surface area (Å²) in [6, 6.07) is 3.43. The Balaban J connectivity index is 1.99. The van der Waals surface area contributed by atoms with Crippen molar-refractivity contribution in [3.63, 3.8) is 0 Å². The number of hydrogen-bond donors (Lipinski definition) is 1. The Morgan fingerprint density at radius 2 is 2.17 bits per heavy atom. The van der Waals surface area contributed by atoms with Crippen LogP contribution in [-0.2, 0) is 11.2 Å². The summed E-state index contributed by atoms with van der Waals surface area (Å²) in [6.45, 7) is 4.61. The van der Waals surface area contributed by atoms with E-state index in [1.54, 1.807) is 11.3 Å². The summed E-state index contributed by atoms with van der Waals surface area (Å²) in [5.41, 5.74) is 0. The molecule has 5 heteroatoms. The summed E-state index contributed by atoms with van der Waals surface area (Å²) in [5, 5.41) is 2.76. The van der Waals surface area contributed by atoms with Gasteiger partial charge in [0.05, 0.1) is 0 Å². The maximum atomic E-state index is 12.1. The first kappa shape index (κ1) is 13.1. The molecule has 0 bridgehead atoms. The fraction of sp³-hybridized carbons (Fsp3) is 0.538. The third-order valence-corrected chi connectivity index (χ3v) is 4.07. The molecule has 4 nitrogen and oxygen atoms in total. The predicted octanol–water partition coefficient (Wildman–Crippen LogP) is 2.32. The van der Waals surface area contributed by atoms with Crippen LogP contribution >= 0.6 is 11.3 Å². The Bertz CT molecular complexity index is 456. The monoisotopic (exact) mass is 266 g/mol. The number of aryl methyl sites for hydroxylation is 1. The van der Waals surface area contributed by atoms with Crippen LogP contribution in [0.2, 0.25) is 0 Å². The summed E-state index contributed by atoms with van der Waals surface area (Å²) in [4.78, 5) is 27.5. The Kier molecular flexibility index (Phi) is 4.01. The SMILES string of the molecule is CCCCN1C(=O)NC(Cc2ccc(C)s2)C1=O. The van der Waals surface area contributed by atoms with Crippen LogP contribution < -0.4 is 5.32 Å². The number of nitrogens with one attached hydrogen (secondary N) is 1. The number of carbonyl (C=O) groups excluding carboxylic acids is 2. The molecule has 1 atom stereocenters. The van der Waals surface area contributed by atoms with Crippen molar-refractivity contribution in [2.45, 2.75) is 39.2 Å². The van der Waals surface area contributed by atoms with Gasteiger partial charge in [-0.05, 0) is 25.5 Å². The van der Waals surface area contributed by atoms with Crippen LogP contribution in [0.1, 0.15) is 29.5 Å². The predicted molar refractivity (Wildman–Crippen MR) is 71.7 cm³/mol. The number of urea groups is 1. The van der Waals surface area contributed by atoms with E-state index < -0.39 is 0 Å². The van der Waals surface area contributed by atoms with Gasteiger partial charge in [0.15, 0.2) is 0 Å². The lowest BCUT2D eigenvalue weighted by molar-refractivity contribution is -0.127. The van der Waals surface area contributed by atoms with Gasteiger partial charge in [0.1, 0.15) is 6.04 Å². The third-order valence-electron chi connectivity index (χ3n) is 3.04. The van der Waals surface area contributed by atoms with Gasteiger partial charge >= 0.3 is 6.03 Å². The fourth-order valence-electron chi connectivity index (χ4n) is 2.04. The Morgan fingerprint density at radius 3 is 2.78 bits per heavy atom. The van der Waals surface area contributed by atoms with E-state index in [0.29, 0.717) is 13.0 Å². The number of nitrogens with zero attached hydrogens (tertiary/aromatic N) is 1. The molecule has 1 aliphatic heterocycles. The van der Waals surface area contributed by atoms with Crippen molar-refractivity contribution in [3.8, 4) is 0 Å². The van der Waals surface area contributed by atoms with Crippen molar-refractivity contribution in [2.75, 3.05) is 6.54 Å². The van der Waals surface area contributed by atoms with Crippen molar-refractivity contribution < 1.29 is 9.59 Å². The second-order valence-corrected chi connectivity index (χ2v) is 5.93. The van der Waals surface area contributed by atoms with E-state index in [1.165, 1.54) is 9.78 Å². The molecule has 2 rings (SSSR count). The van der Waals surface area contributed by atoms with E-state index >= 15 is 0 Å². The highest BCUT2D eigenvalue weighted by molar-refractivity contribution is 7.11. The van der Waals surface area contributed by atoms with Gasteiger partial charge in [-0.2, -0.15) is 0 Å². The highest BCUT2D eigenvalue weighted by Gasteiger charge is 2.37. The molecule has 2 heterocycles. The van der Waals surface area contributed by atoms with Crippen LogP contribution in [0.5, 0.6) is 0 Å². The van der Waals surface area contributed by atoms with Crippen molar-refractivity contribution in [3.05, 3.63) is 21.9 Å². The number of thiophene rings is 1. The summed E-state index contributed by atoms with van der Waals surface area (Å²) in [6.07, 6.45) is 2.45. The fourth-order valence-corrected chi connectivity index (χ4v) is 2.97. The van der Waals surface area contributed by atoms with Gasteiger partial charge in [0, 0.05) is 22.7 Å². The van der Waals surface area contributed by atoms with Crippen LogP contribution in [0, 0.1) is 6.92 Å². The van der Waals surface area contributed by atoms with Crippen LogP contribution in [0.25, 0.3) is 0 Å². The largest absolute Gasteiger partial charge is 0.325 e. The molecular weight excluding hydrogens is 248 g/mol. The molecule has 1 N–H and O–H groups in total. The molecule has 0 radical (unpaired) electrons. The molecule has 0 aliphatic carbocycles. The number of hydrogen-bond acceptors (Lipinski definition) is 3. The first-order chi connectivity index (χ1) is 8.61. The molecule has 1 fully saturated rings. The highest BCUT2D eigenvalue weighted by Crippen LogP contribution is 2.19. The standard InChI is InChI=1S/C13H18N2O2S/c1-3-4-7-15-12(16)11(14-13(15)17)8-10-6-5-9(2)18-10/h5-6,11H,3-4,7-8H2,1-2H3,(H,14,17). The van der Waals surface area contributed by atoms with Gasteiger partial charge in [0.2, 0.25) is 0 Å². The summed E-state index contributed by atoms with van der Waals surface area (Å²) in [5.74, 6) is -0.0838. The van der Waals surface area contributed by atoms with Gasteiger partial charge < -0.3 is 5.32 Å². The van der Waals surface area contributed by atoms with Crippen LogP contribution in [0.15, 0.2) is 12.1 Å². The van der Waals surface area contributed by atoms with Crippen LogP contribution in [0.3, 0.4) is 0 Å². The van der Waals surface area contributed by atoms with E-state index in [9.17, 15) is 9.59 Å². The van der Waals surface area contributed by atoms with E-state index in [4.69, 9.17) is 0 Å². The van der Waals surface area contributed by atoms with Crippen molar-refractivity contribution in [2.24, 2.45) is 0 Å². The average molecular weight is 266 g/mol. The molecule has 18 heavy (non-hydrogen) atoms. The molecule has 1 aromatic rings. The third kappa shape index (κ3) is 2.72. The maximum absolute atomic E-state index is 12.1. The molecule has 1 saturated heterocycles. The quantitative estimate of drug-likeness (QED) is 0.831. The van der Waals surface area contributed by atoms with Crippen LogP contribution in [-0.4, -0.2) is 29.4 Å². The summed E-state index contributed by atoms with van der Waals surface area (Å²) in [7, 11) is 0. The van der Waals surface area contributed by atoms with Crippen molar-refractivity contribution >= 4 is 23.3 Å². The summed E-state index contributed by atoms with van der Waals surface area (Å²) >= 11 is 1.67. The summed E-state index contributed by atoms with van der Waals surface area (Å²) < 4.78 is 0. The molecular formula is C13H18N2O2S. The van der Waals surface area contributed by atoms with Gasteiger partial charge in [-0.3, -0.25) is 9.69 Å². The van der Waals surface area contributed by atoms with E-state index in [2.05, 4.69) is 5.32 Å². The minimum Gasteiger partial charge on any atom is -0.325 e. The van der Waals surface area contributed by atoms with Crippen molar-refractivity contribution in [1.29, 1.82) is 0 Å². The van der Waals surface area contributed by atoms with Gasteiger partial charge in [-0.15, -0.1) is 11.3 Å². The van der Waals surface area contributed by atoms with E-state index in [-0.39, 0.29) is 18.0 Å². The normalized spacial score (nSPS) is 19.4. The topological polar surface area (TPSA) is 49.4 Å². The lowest BCUT2D eigenvalue weighted by Crippen LogP contribution is -2.32. The first-order valence-electron chi connectivity index (χ1n) is 6.29. The molecule has 98 valence electrons. The van der Waals surface area contributed by atoms with E-state index in [1.807, 2.05) is 26.0 Å². The van der Waals surface area contributed by atoms with Crippen LogP contribution in [0.4, 0.5) is 4.79 Å². The smallest absolute Gasteiger partial charge is 0.324 e. The molecule has 0 saturated carbocycles. The Morgan fingerprint density at radius 1 is 1.39 bits per heavy atom. The second kappa shape index (κ2) is 5.52. The molecule has 0 aromatic carbocycles. The second-order valence-electron chi connectivity index (χ2n) is 4.56. The Labute approximate surface area is 111 Å². The zero-order valence-electron chi connectivity index (χ0n) is 10.7. The highest BCUT2D eigenvalue weighted by atomic mass is 32.1. The lowest BCUT2D eigenvalue weighted by Gasteiger charge is -2.11. The first-order valence-corrected chi connectivity index (χ1v) is 7.10. The molecule has 1 aromatic heterocycles. The zero-order chi connectivity index (χ0) is 13.1. The van der Waals surface area contributed by atoms with Gasteiger partial charge in [-0.1, -0.05) is 13.3 Å².